The lowest BCUT2D eigenvalue weighted by Crippen LogP contribution is -2.06. The molecule has 1 aromatic carbocycles. The van der Waals surface area contributed by atoms with Gasteiger partial charge in [0, 0.05) is 10.5 Å². The van der Waals surface area contributed by atoms with Gasteiger partial charge in [-0.25, -0.2) is 0 Å². The molecule has 0 radical (unpaired) electrons. The van der Waals surface area contributed by atoms with Crippen molar-refractivity contribution < 1.29 is 14.3 Å². The summed E-state index contributed by atoms with van der Waals surface area (Å²) in [5.41, 5.74) is 0.858. The van der Waals surface area contributed by atoms with Gasteiger partial charge in [0.1, 0.15) is 5.75 Å². The second-order valence-corrected chi connectivity index (χ2v) is 3.75. The maximum atomic E-state index is 11.2. The molecule has 0 amide bonds. The highest BCUT2D eigenvalue weighted by Gasteiger charge is 2.11. The number of benzene rings is 1. The summed E-state index contributed by atoms with van der Waals surface area (Å²) >= 11 is 1.59. The number of para-hydroxylation sites is 1. The molecule has 1 aromatic rings. The first-order valence-corrected chi connectivity index (χ1v) is 5.72. The number of methoxy groups -OCH3 is 2. The highest BCUT2D eigenvalue weighted by molar-refractivity contribution is 7.98. The minimum Gasteiger partial charge on any atom is -0.495 e. The Labute approximate surface area is 93.8 Å². The number of carbonyl (C=O) groups is 1. The Morgan fingerprint density at radius 2 is 2.13 bits per heavy atom. The highest BCUT2D eigenvalue weighted by Crippen LogP contribution is 2.31. The van der Waals surface area contributed by atoms with Crippen LogP contribution < -0.4 is 4.74 Å². The molecular weight excluding hydrogens is 212 g/mol. The van der Waals surface area contributed by atoms with Crippen molar-refractivity contribution in [1.82, 2.24) is 0 Å². The van der Waals surface area contributed by atoms with E-state index < -0.39 is 0 Å². The second kappa shape index (κ2) is 5.66. The average molecular weight is 226 g/mol. The SMILES string of the molecule is COC(=O)Cc1cccc(SC)c1OC. The summed E-state index contributed by atoms with van der Waals surface area (Å²) < 4.78 is 9.91. The van der Waals surface area contributed by atoms with Gasteiger partial charge in [0.25, 0.3) is 0 Å². The molecule has 0 aliphatic rings. The van der Waals surface area contributed by atoms with Gasteiger partial charge in [0.2, 0.25) is 0 Å². The first-order chi connectivity index (χ1) is 7.22. The minimum absolute atomic E-state index is 0.244. The molecule has 0 atom stereocenters. The fourth-order valence-electron chi connectivity index (χ4n) is 1.32. The molecule has 0 saturated heterocycles. The van der Waals surface area contributed by atoms with Crippen LogP contribution in [0.25, 0.3) is 0 Å². The number of hydrogen-bond donors (Lipinski definition) is 0. The number of carbonyl (C=O) groups excluding carboxylic acids is 1. The standard InChI is InChI=1S/C11H14O3S/c1-13-10(12)7-8-5-4-6-9(15-3)11(8)14-2/h4-6H,7H2,1-3H3. The predicted octanol–water partition coefficient (Wildman–Crippen LogP) is 2.13. The molecule has 0 spiro atoms. The van der Waals surface area contributed by atoms with Crippen molar-refractivity contribution in [2.45, 2.75) is 11.3 Å². The van der Waals surface area contributed by atoms with Gasteiger partial charge in [-0.3, -0.25) is 4.79 Å². The zero-order valence-corrected chi connectivity index (χ0v) is 9.89. The first kappa shape index (κ1) is 11.9. The molecule has 0 N–H and O–H groups in total. The van der Waals surface area contributed by atoms with Gasteiger partial charge in [-0.05, 0) is 12.3 Å². The molecule has 4 heteroatoms. The Bertz CT molecular complexity index is 350. The third-order valence-corrected chi connectivity index (χ3v) is 2.81. The Hall–Kier alpha value is -1.16. The van der Waals surface area contributed by atoms with E-state index in [-0.39, 0.29) is 12.4 Å². The van der Waals surface area contributed by atoms with Crippen molar-refractivity contribution in [3.8, 4) is 5.75 Å². The van der Waals surface area contributed by atoms with E-state index in [0.29, 0.717) is 0 Å². The Kier molecular flexibility index (Phi) is 4.49. The van der Waals surface area contributed by atoms with Crippen LogP contribution in [0.15, 0.2) is 23.1 Å². The summed E-state index contributed by atoms with van der Waals surface area (Å²) in [5, 5.41) is 0. The molecule has 1 rings (SSSR count). The maximum Gasteiger partial charge on any atom is 0.310 e. The third-order valence-electron chi connectivity index (χ3n) is 2.05. The molecule has 0 bridgehead atoms. The Morgan fingerprint density at radius 1 is 1.40 bits per heavy atom. The number of esters is 1. The fourth-order valence-corrected chi connectivity index (χ4v) is 1.94. The van der Waals surface area contributed by atoms with Crippen molar-refractivity contribution in [2.24, 2.45) is 0 Å². The lowest BCUT2D eigenvalue weighted by Gasteiger charge is -2.10. The van der Waals surface area contributed by atoms with Crippen LogP contribution in [0.3, 0.4) is 0 Å². The van der Waals surface area contributed by atoms with E-state index in [1.807, 2.05) is 24.5 Å². The van der Waals surface area contributed by atoms with Crippen molar-refractivity contribution in [1.29, 1.82) is 0 Å². The molecule has 0 unspecified atom stereocenters. The van der Waals surface area contributed by atoms with E-state index in [1.54, 1.807) is 18.9 Å². The molecule has 0 aromatic heterocycles. The zero-order chi connectivity index (χ0) is 11.3. The molecule has 82 valence electrons. The summed E-state index contributed by atoms with van der Waals surface area (Å²) in [7, 11) is 2.99. The third kappa shape index (κ3) is 2.89. The van der Waals surface area contributed by atoms with Crippen LogP contribution in [0.2, 0.25) is 0 Å². The van der Waals surface area contributed by atoms with E-state index in [4.69, 9.17) is 4.74 Å². The second-order valence-electron chi connectivity index (χ2n) is 2.91. The lowest BCUT2D eigenvalue weighted by atomic mass is 10.1. The molecule has 3 nitrogen and oxygen atoms in total. The zero-order valence-electron chi connectivity index (χ0n) is 9.07. The molecule has 0 fully saturated rings. The van der Waals surface area contributed by atoms with E-state index >= 15 is 0 Å². The first-order valence-electron chi connectivity index (χ1n) is 4.49. The van der Waals surface area contributed by atoms with Crippen molar-refractivity contribution >= 4 is 17.7 Å². The molecule has 15 heavy (non-hydrogen) atoms. The van der Waals surface area contributed by atoms with Gasteiger partial charge in [-0.2, -0.15) is 0 Å². The van der Waals surface area contributed by atoms with Crippen molar-refractivity contribution in [3.63, 3.8) is 0 Å². The van der Waals surface area contributed by atoms with Gasteiger partial charge in [-0.15, -0.1) is 11.8 Å². The van der Waals surface area contributed by atoms with Gasteiger partial charge >= 0.3 is 5.97 Å². The van der Waals surface area contributed by atoms with E-state index in [9.17, 15) is 4.79 Å². The summed E-state index contributed by atoms with van der Waals surface area (Å²) in [6.07, 6.45) is 2.22. The molecule has 0 aliphatic carbocycles. The number of ether oxygens (including phenoxy) is 2. The summed E-state index contributed by atoms with van der Waals surface area (Å²) in [6.45, 7) is 0. The van der Waals surface area contributed by atoms with Crippen LogP contribution in [-0.2, 0) is 16.0 Å². The number of hydrogen-bond acceptors (Lipinski definition) is 4. The summed E-state index contributed by atoms with van der Waals surface area (Å²) in [5.74, 6) is 0.502. The van der Waals surface area contributed by atoms with Gasteiger partial charge in [0.15, 0.2) is 0 Å². The Morgan fingerprint density at radius 3 is 2.67 bits per heavy atom. The van der Waals surface area contributed by atoms with E-state index in [0.717, 1.165) is 16.2 Å². The van der Waals surface area contributed by atoms with Crippen LogP contribution >= 0.6 is 11.8 Å². The van der Waals surface area contributed by atoms with Crippen LogP contribution in [0.1, 0.15) is 5.56 Å². The average Bonchev–Trinajstić information content (AvgIpc) is 2.28. The molecule has 0 heterocycles. The van der Waals surface area contributed by atoms with Crippen LogP contribution in [0, 0.1) is 0 Å². The van der Waals surface area contributed by atoms with Crippen LogP contribution in [0.5, 0.6) is 5.75 Å². The number of thioether (sulfide) groups is 1. The monoisotopic (exact) mass is 226 g/mol. The quantitative estimate of drug-likeness (QED) is 0.582. The van der Waals surface area contributed by atoms with Crippen molar-refractivity contribution in [3.05, 3.63) is 23.8 Å². The fraction of sp³-hybridized carbons (Fsp3) is 0.364. The van der Waals surface area contributed by atoms with Crippen LogP contribution in [0.4, 0.5) is 0 Å². The highest BCUT2D eigenvalue weighted by atomic mass is 32.2. The maximum absolute atomic E-state index is 11.2. The van der Waals surface area contributed by atoms with Gasteiger partial charge in [0.05, 0.1) is 20.6 Å². The van der Waals surface area contributed by atoms with Crippen LogP contribution in [-0.4, -0.2) is 26.4 Å². The molecule has 0 aliphatic heterocycles. The van der Waals surface area contributed by atoms with E-state index in [1.165, 1.54) is 7.11 Å². The Balaban J connectivity index is 3.00. The number of rotatable bonds is 4. The largest absolute Gasteiger partial charge is 0.495 e. The normalized spacial score (nSPS) is 9.80. The van der Waals surface area contributed by atoms with Gasteiger partial charge in [-0.1, -0.05) is 12.1 Å². The molecule has 0 saturated carbocycles. The summed E-state index contributed by atoms with van der Waals surface area (Å²) in [6, 6.07) is 5.74. The van der Waals surface area contributed by atoms with E-state index in [2.05, 4.69) is 4.74 Å². The smallest absolute Gasteiger partial charge is 0.310 e. The molecular formula is C11H14O3S. The predicted molar refractivity (Wildman–Crippen MR) is 60.5 cm³/mol. The minimum atomic E-state index is -0.258. The lowest BCUT2D eigenvalue weighted by molar-refractivity contribution is -0.139. The van der Waals surface area contributed by atoms with Crippen molar-refractivity contribution in [2.75, 3.05) is 20.5 Å². The topological polar surface area (TPSA) is 35.5 Å². The van der Waals surface area contributed by atoms with Gasteiger partial charge < -0.3 is 9.47 Å². The summed E-state index contributed by atoms with van der Waals surface area (Å²) in [4.78, 5) is 12.2.